The Hall–Kier alpha value is -0.860. The molecular weight excluding hydrogens is 350 g/mol. The molecule has 0 aliphatic carbocycles. The van der Waals surface area contributed by atoms with Gasteiger partial charge in [0.05, 0.1) is 26.4 Å². The molecule has 172 valence electrons. The molecule has 0 aromatic heterocycles. The molecule has 0 fully saturated rings. The van der Waals surface area contributed by atoms with Gasteiger partial charge in [-0.1, -0.05) is 37.1 Å². The van der Waals surface area contributed by atoms with E-state index in [-0.39, 0.29) is 60.8 Å². The van der Waals surface area contributed by atoms with E-state index >= 15 is 0 Å². The molecule has 7 nitrogen and oxygen atoms in total. The predicted molar refractivity (Wildman–Crippen MR) is 118 cm³/mol. The third-order valence-corrected chi connectivity index (χ3v) is 2.55. The molecule has 0 aromatic carbocycles. The lowest BCUT2D eigenvalue weighted by Gasteiger charge is -2.06. The fraction of sp³-hybridized carbons (Fsp3) is 0.900. The lowest BCUT2D eigenvalue weighted by Crippen LogP contribution is -2.25. The van der Waals surface area contributed by atoms with Crippen LogP contribution in [0.1, 0.15) is 70.2 Å². The summed E-state index contributed by atoms with van der Waals surface area (Å²) < 4.78 is 15.9. The Balaban J connectivity index is -0.000000133. The van der Waals surface area contributed by atoms with E-state index in [2.05, 4.69) is 5.32 Å². The van der Waals surface area contributed by atoms with Crippen LogP contribution in [-0.4, -0.2) is 69.8 Å². The number of ketones is 2. The first-order chi connectivity index (χ1) is 10.1. The molecule has 0 spiro atoms. The number of rotatable bonds is 16. The van der Waals surface area contributed by atoms with Crippen LogP contribution in [0.25, 0.3) is 0 Å². The van der Waals surface area contributed by atoms with Gasteiger partial charge in [-0.25, -0.2) is 0 Å². The van der Waals surface area contributed by atoms with Crippen molar-refractivity contribution < 1.29 is 29.3 Å². The molecule has 0 aliphatic rings. The molecule has 0 heterocycles. The van der Waals surface area contributed by atoms with Crippen LogP contribution < -0.4 is 5.32 Å². The van der Waals surface area contributed by atoms with Gasteiger partial charge in [-0.2, -0.15) is 0 Å². The number of ether oxygens (including phenoxy) is 3. The van der Waals surface area contributed by atoms with Gasteiger partial charge < -0.3 is 25.0 Å². The Morgan fingerprint density at radius 2 is 1.15 bits per heavy atom. The van der Waals surface area contributed by atoms with Gasteiger partial charge in [-0.05, 0) is 33.1 Å². The fourth-order valence-corrected chi connectivity index (χ4v) is 1.53. The lowest BCUT2D eigenvalue weighted by atomic mass is 10.2. The van der Waals surface area contributed by atoms with Crippen LogP contribution in [0.3, 0.4) is 0 Å². The minimum atomic E-state index is 0. The van der Waals surface area contributed by atoms with Gasteiger partial charge in [0.2, 0.25) is 0 Å². The Kier molecular flexibility index (Phi) is 60.3. The third kappa shape index (κ3) is 45.8. The highest BCUT2D eigenvalue weighted by Crippen LogP contribution is 1.96. The van der Waals surface area contributed by atoms with E-state index in [1.165, 1.54) is 6.92 Å². The summed E-state index contributed by atoms with van der Waals surface area (Å²) in [5, 5.41) is 2.98. The van der Waals surface area contributed by atoms with Crippen LogP contribution in [0.15, 0.2) is 0 Å². The van der Waals surface area contributed by atoms with E-state index < -0.39 is 0 Å². The second-order valence-corrected chi connectivity index (χ2v) is 4.92. The molecule has 0 unspecified atom stereocenters. The molecule has 0 aliphatic heterocycles. The summed E-state index contributed by atoms with van der Waals surface area (Å²) in [5.41, 5.74) is 0. The van der Waals surface area contributed by atoms with Crippen molar-refractivity contribution in [3.8, 4) is 0 Å². The van der Waals surface area contributed by atoms with E-state index in [1.54, 1.807) is 6.92 Å². The van der Waals surface area contributed by atoms with Crippen molar-refractivity contribution in [2.24, 2.45) is 0 Å². The van der Waals surface area contributed by atoms with Crippen molar-refractivity contribution in [2.75, 3.05) is 52.7 Å². The van der Waals surface area contributed by atoms with E-state index in [9.17, 15) is 9.59 Å². The van der Waals surface area contributed by atoms with E-state index in [0.717, 1.165) is 25.9 Å². The van der Waals surface area contributed by atoms with Crippen molar-refractivity contribution in [1.29, 1.82) is 0 Å². The quantitative estimate of drug-likeness (QED) is 0.398. The minimum absolute atomic E-state index is 0. The standard InChI is InChI=1S/C15H29NO5.5CH4.H2O/c1-14(17)12-16-6-9-20-11-10-19-7-4-3-5-8-21-13-15(2)18;;;;;;/h16H,3-13H2,1-2H3;5*1H4;1H2. The molecule has 0 saturated carbocycles. The molecule has 7 heteroatoms. The molecule has 0 bridgehead atoms. The van der Waals surface area contributed by atoms with Crippen LogP contribution in [0, 0.1) is 0 Å². The summed E-state index contributed by atoms with van der Waals surface area (Å²) in [4.78, 5) is 21.3. The summed E-state index contributed by atoms with van der Waals surface area (Å²) in [5.74, 6) is 0.194. The van der Waals surface area contributed by atoms with Crippen molar-refractivity contribution >= 4 is 11.6 Å². The number of carbonyl (C=O) groups excluding carboxylic acids is 2. The first-order valence-electron chi connectivity index (χ1n) is 7.55. The van der Waals surface area contributed by atoms with E-state index in [1.807, 2.05) is 0 Å². The first kappa shape index (κ1) is 45.1. The van der Waals surface area contributed by atoms with Gasteiger partial charge in [-0.3, -0.25) is 9.59 Å². The number of hydrogen-bond donors (Lipinski definition) is 1. The SMILES string of the molecule is C.C.C.C.C.CC(=O)CNCCOCCOCCCCCOCC(C)=O.O. The van der Waals surface area contributed by atoms with Crippen molar-refractivity contribution in [3.63, 3.8) is 0 Å². The number of hydrogen-bond acceptors (Lipinski definition) is 6. The lowest BCUT2D eigenvalue weighted by molar-refractivity contribution is -0.121. The summed E-state index contributed by atoms with van der Waals surface area (Å²) >= 11 is 0. The number of unbranched alkanes of at least 4 members (excludes halogenated alkanes) is 2. The molecule has 0 atom stereocenters. The van der Waals surface area contributed by atoms with Crippen LogP contribution >= 0.6 is 0 Å². The molecule has 0 amide bonds. The zero-order valence-corrected chi connectivity index (χ0v) is 13.8. The Bertz CT molecular complexity index is 249. The maximum absolute atomic E-state index is 10.6. The molecular formula is C20H51NO6. The molecule has 0 aromatic rings. The maximum Gasteiger partial charge on any atom is 0.155 e. The summed E-state index contributed by atoms with van der Waals surface area (Å²) in [6, 6.07) is 0. The maximum atomic E-state index is 10.6. The monoisotopic (exact) mass is 401 g/mol. The predicted octanol–water partition coefficient (Wildman–Crippen LogP) is 3.33. The van der Waals surface area contributed by atoms with Gasteiger partial charge in [0.15, 0.2) is 5.78 Å². The average molecular weight is 402 g/mol. The topological polar surface area (TPSA) is 105 Å². The van der Waals surface area contributed by atoms with E-state index in [0.29, 0.717) is 39.5 Å². The largest absolute Gasteiger partial charge is 0.412 e. The fourth-order valence-electron chi connectivity index (χ4n) is 1.53. The van der Waals surface area contributed by atoms with Crippen LogP contribution in [0.2, 0.25) is 0 Å². The Labute approximate surface area is 169 Å². The molecule has 3 N–H and O–H groups in total. The smallest absolute Gasteiger partial charge is 0.155 e. The Morgan fingerprint density at radius 1 is 0.667 bits per heavy atom. The molecule has 0 radical (unpaired) electrons. The van der Waals surface area contributed by atoms with Crippen molar-refractivity contribution in [3.05, 3.63) is 0 Å². The van der Waals surface area contributed by atoms with Gasteiger partial charge in [-0.15, -0.1) is 0 Å². The van der Waals surface area contributed by atoms with Crippen molar-refractivity contribution in [2.45, 2.75) is 70.2 Å². The molecule has 0 saturated heterocycles. The van der Waals surface area contributed by atoms with Gasteiger partial charge >= 0.3 is 0 Å². The van der Waals surface area contributed by atoms with Gasteiger partial charge in [0.1, 0.15) is 12.4 Å². The number of carbonyl (C=O) groups is 2. The zero-order chi connectivity index (χ0) is 15.8. The average Bonchev–Trinajstić information content (AvgIpc) is 2.42. The van der Waals surface area contributed by atoms with Gasteiger partial charge in [0, 0.05) is 19.8 Å². The minimum Gasteiger partial charge on any atom is -0.412 e. The highest BCUT2D eigenvalue weighted by atomic mass is 16.5. The first-order valence-corrected chi connectivity index (χ1v) is 7.55. The number of Topliss-reactive ketones (excluding diaryl/α,β-unsaturated/α-hetero) is 2. The molecule has 0 rings (SSSR count). The highest BCUT2D eigenvalue weighted by molar-refractivity contribution is 5.77. The summed E-state index contributed by atoms with van der Waals surface area (Å²) in [6.07, 6.45) is 2.98. The zero-order valence-electron chi connectivity index (χ0n) is 13.8. The van der Waals surface area contributed by atoms with Crippen molar-refractivity contribution in [1.82, 2.24) is 5.32 Å². The summed E-state index contributed by atoms with van der Waals surface area (Å²) in [7, 11) is 0. The number of nitrogens with one attached hydrogen (secondary N) is 1. The van der Waals surface area contributed by atoms with Crippen LogP contribution in [0.5, 0.6) is 0 Å². The van der Waals surface area contributed by atoms with Gasteiger partial charge in [0.25, 0.3) is 0 Å². The second-order valence-electron chi connectivity index (χ2n) is 4.92. The second kappa shape index (κ2) is 36.1. The third-order valence-electron chi connectivity index (χ3n) is 2.55. The summed E-state index contributed by atoms with van der Waals surface area (Å²) in [6.45, 7) is 7.48. The van der Waals surface area contributed by atoms with Crippen LogP contribution in [-0.2, 0) is 23.8 Å². The van der Waals surface area contributed by atoms with E-state index in [4.69, 9.17) is 14.2 Å². The highest BCUT2D eigenvalue weighted by Gasteiger charge is 1.95. The van der Waals surface area contributed by atoms with Crippen LogP contribution in [0.4, 0.5) is 0 Å². The Morgan fingerprint density at radius 3 is 1.63 bits per heavy atom. The normalized spacial score (nSPS) is 8.37. The molecule has 27 heavy (non-hydrogen) atoms.